The van der Waals surface area contributed by atoms with Crippen LogP contribution in [0, 0.1) is 5.41 Å². The van der Waals surface area contributed by atoms with Crippen LogP contribution in [-0.4, -0.2) is 29.2 Å². The van der Waals surface area contributed by atoms with Gasteiger partial charge < -0.3 is 19.7 Å². The molecule has 10 rings (SSSR count). The van der Waals surface area contributed by atoms with Crippen molar-refractivity contribution in [2.45, 2.75) is 42.7 Å². The van der Waals surface area contributed by atoms with E-state index >= 15 is 0 Å². The molecule has 1 aliphatic heterocycles. The first-order valence-electron chi connectivity index (χ1n) is 17.1. The third kappa shape index (κ3) is 3.80. The highest BCUT2D eigenvalue weighted by Gasteiger charge is 2.67. The maximum atomic E-state index is 13.0. The number of fused-ring (bicyclic) bond motifs is 7. The third-order valence-corrected chi connectivity index (χ3v) is 11.9. The van der Waals surface area contributed by atoms with Gasteiger partial charge in [-0.15, -0.1) is 0 Å². The molecule has 2 fully saturated rings. The number of aliphatic hydroxyl groups is 2. The summed E-state index contributed by atoms with van der Waals surface area (Å²) >= 11 is 0. The SMILES string of the molecule is OC1c2ccccc2C(O)C12[C@@H](c1cc3ccccc3c3ccccc13)CC1(C[C@H]2c2cc3ccccc3c3ccccc23)OCCO1. The lowest BCUT2D eigenvalue weighted by atomic mass is 9.51. The van der Waals surface area contributed by atoms with Crippen molar-refractivity contribution in [3.05, 3.63) is 156 Å². The molecule has 1 heterocycles. The molecule has 2 aliphatic carbocycles. The molecule has 2 N–H and O–H groups in total. The van der Waals surface area contributed by atoms with Crippen molar-refractivity contribution in [3.63, 3.8) is 0 Å². The smallest absolute Gasteiger partial charge is 0.169 e. The van der Waals surface area contributed by atoms with Gasteiger partial charge in [0.1, 0.15) is 0 Å². The molecule has 0 aromatic heterocycles. The van der Waals surface area contributed by atoms with Gasteiger partial charge in [-0.25, -0.2) is 0 Å². The minimum absolute atomic E-state index is 0.313. The van der Waals surface area contributed by atoms with Crippen LogP contribution in [0.4, 0.5) is 0 Å². The summed E-state index contributed by atoms with van der Waals surface area (Å²) in [5, 5.41) is 35.2. The van der Waals surface area contributed by atoms with E-state index in [-0.39, 0.29) is 11.8 Å². The van der Waals surface area contributed by atoms with Crippen molar-refractivity contribution in [2.75, 3.05) is 13.2 Å². The molecule has 7 aromatic rings. The Labute approximate surface area is 279 Å². The second-order valence-electron chi connectivity index (χ2n) is 14.0. The van der Waals surface area contributed by atoms with Crippen molar-refractivity contribution in [1.29, 1.82) is 0 Å². The monoisotopic (exact) mass is 628 g/mol. The number of ether oxygens (including phenoxy) is 2. The minimum atomic E-state index is -1.01. The van der Waals surface area contributed by atoms with Crippen LogP contribution in [0.2, 0.25) is 0 Å². The van der Waals surface area contributed by atoms with Crippen LogP contribution in [0.1, 0.15) is 59.1 Å². The summed E-state index contributed by atoms with van der Waals surface area (Å²) in [6.07, 6.45) is -0.792. The summed E-state index contributed by atoms with van der Waals surface area (Å²) < 4.78 is 13.3. The molecule has 4 heteroatoms. The first-order chi connectivity index (χ1) is 23.6. The van der Waals surface area contributed by atoms with Gasteiger partial charge in [-0.05, 0) is 65.3 Å². The summed E-state index contributed by atoms with van der Waals surface area (Å²) in [5.74, 6) is -1.48. The number of hydrogen-bond donors (Lipinski definition) is 2. The van der Waals surface area contributed by atoms with Crippen LogP contribution in [0.5, 0.6) is 0 Å². The van der Waals surface area contributed by atoms with Crippen LogP contribution in [0.3, 0.4) is 0 Å². The lowest BCUT2D eigenvalue weighted by Crippen LogP contribution is -2.53. The third-order valence-electron chi connectivity index (χ3n) is 11.9. The summed E-state index contributed by atoms with van der Waals surface area (Å²) in [5.41, 5.74) is 2.83. The number of rotatable bonds is 2. The number of hydrogen-bond acceptors (Lipinski definition) is 4. The van der Waals surface area contributed by atoms with Gasteiger partial charge in [0.05, 0.1) is 25.4 Å². The highest BCUT2D eigenvalue weighted by atomic mass is 16.7. The number of aliphatic hydroxyl groups excluding tert-OH is 2. The van der Waals surface area contributed by atoms with Gasteiger partial charge in [0.2, 0.25) is 0 Å². The topological polar surface area (TPSA) is 58.9 Å². The van der Waals surface area contributed by atoms with Gasteiger partial charge in [-0.3, -0.25) is 0 Å². The van der Waals surface area contributed by atoms with E-state index in [4.69, 9.17) is 9.47 Å². The first kappa shape index (κ1) is 28.4. The highest BCUT2D eigenvalue weighted by Crippen LogP contribution is 2.72. The Morgan fingerprint density at radius 3 is 1.27 bits per heavy atom. The molecule has 2 unspecified atom stereocenters. The zero-order chi connectivity index (χ0) is 32.0. The standard InChI is InChI=1S/C44H36O4/c45-41-35-19-9-10-20-36(35)42(46)44(41)39(37-23-27-11-1-3-13-29(27)31-15-5-7-17-33(31)37)25-43(47-21-22-48-43)26-40(44)38-24-28-12-2-4-14-30(28)32-16-6-8-18-34(32)38/h1-20,23-24,39-42,45-46H,21-22,25-26H2/t39-,40+,41?,42?,44?. The Hall–Kier alpha value is -4.58. The molecule has 7 aromatic carbocycles. The van der Waals surface area contributed by atoms with Crippen LogP contribution in [-0.2, 0) is 9.47 Å². The van der Waals surface area contributed by atoms with Crippen molar-refractivity contribution in [1.82, 2.24) is 0 Å². The van der Waals surface area contributed by atoms with E-state index in [1.54, 1.807) is 0 Å². The highest BCUT2D eigenvalue weighted by molar-refractivity contribution is 6.10. The van der Waals surface area contributed by atoms with Crippen LogP contribution in [0.25, 0.3) is 43.1 Å². The fourth-order valence-electron chi connectivity index (χ4n) is 10.00. The lowest BCUT2D eigenvalue weighted by molar-refractivity contribution is -0.229. The molecule has 236 valence electrons. The van der Waals surface area contributed by atoms with E-state index in [2.05, 4.69) is 109 Å². The molecule has 4 atom stereocenters. The van der Waals surface area contributed by atoms with Crippen LogP contribution in [0.15, 0.2) is 133 Å². The van der Waals surface area contributed by atoms with E-state index < -0.39 is 23.4 Å². The van der Waals surface area contributed by atoms with E-state index in [0.29, 0.717) is 26.1 Å². The largest absolute Gasteiger partial charge is 0.388 e. The van der Waals surface area contributed by atoms with E-state index in [1.165, 1.54) is 21.5 Å². The normalized spacial score (nSPS) is 26.3. The summed E-state index contributed by atoms with van der Waals surface area (Å²) in [6, 6.07) is 46.8. The summed E-state index contributed by atoms with van der Waals surface area (Å²) in [6.45, 7) is 1.05. The zero-order valence-electron chi connectivity index (χ0n) is 26.6. The lowest BCUT2D eigenvalue weighted by Gasteiger charge is -2.56. The Morgan fingerprint density at radius 2 is 0.812 bits per heavy atom. The summed E-state index contributed by atoms with van der Waals surface area (Å²) in [4.78, 5) is 0. The molecule has 1 saturated carbocycles. The predicted octanol–water partition coefficient (Wildman–Crippen LogP) is 9.47. The quantitative estimate of drug-likeness (QED) is 0.187. The number of benzene rings is 7. The Morgan fingerprint density at radius 1 is 0.438 bits per heavy atom. The van der Waals surface area contributed by atoms with Gasteiger partial charge >= 0.3 is 0 Å². The van der Waals surface area contributed by atoms with E-state index in [1.807, 2.05) is 24.3 Å². The Balaban J connectivity index is 1.33. The van der Waals surface area contributed by atoms with Gasteiger partial charge in [0, 0.05) is 30.1 Å². The first-order valence-corrected chi connectivity index (χ1v) is 17.1. The van der Waals surface area contributed by atoms with Crippen LogP contribution >= 0.6 is 0 Å². The molecule has 1 saturated heterocycles. The molecule has 4 nitrogen and oxygen atoms in total. The van der Waals surface area contributed by atoms with E-state index in [9.17, 15) is 10.2 Å². The van der Waals surface area contributed by atoms with Crippen molar-refractivity contribution in [2.24, 2.45) is 5.41 Å². The fraction of sp³-hybridized carbons (Fsp3) is 0.227. The molecular weight excluding hydrogens is 592 g/mol. The average Bonchev–Trinajstić information content (AvgIpc) is 3.68. The zero-order valence-corrected chi connectivity index (χ0v) is 26.6. The van der Waals surface area contributed by atoms with Gasteiger partial charge in [-0.1, -0.05) is 133 Å². The minimum Gasteiger partial charge on any atom is -0.388 e. The second kappa shape index (κ2) is 10.5. The predicted molar refractivity (Wildman–Crippen MR) is 191 cm³/mol. The van der Waals surface area contributed by atoms with Crippen LogP contribution < -0.4 is 0 Å². The second-order valence-corrected chi connectivity index (χ2v) is 14.0. The summed E-state index contributed by atoms with van der Waals surface area (Å²) in [7, 11) is 0. The van der Waals surface area contributed by atoms with Gasteiger partial charge in [0.25, 0.3) is 0 Å². The van der Waals surface area contributed by atoms with Gasteiger partial charge in [0.15, 0.2) is 5.79 Å². The molecule has 48 heavy (non-hydrogen) atoms. The molecule has 0 bridgehead atoms. The molecule has 0 radical (unpaired) electrons. The molecule has 3 aliphatic rings. The average molecular weight is 629 g/mol. The maximum absolute atomic E-state index is 13.0. The van der Waals surface area contributed by atoms with Gasteiger partial charge in [-0.2, -0.15) is 0 Å². The van der Waals surface area contributed by atoms with Crippen molar-refractivity contribution in [3.8, 4) is 0 Å². The molecule has 2 spiro atoms. The molecule has 0 amide bonds. The van der Waals surface area contributed by atoms with Crippen molar-refractivity contribution >= 4 is 43.1 Å². The maximum Gasteiger partial charge on any atom is 0.169 e. The van der Waals surface area contributed by atoms with E-state index in [0.717, 1.165) is 43.8 Å². The Bertz CT molecular complexity index is 2230. The molecular formula is C44H36O4. The fourth-order valence-corrected chi connectivity index (χ4v) is 10.00. The Kier molecular flexibility index (Phi) is 6.20. The van der Waals surface area contributed by atoms with Crippen molar-refractivity contribution < 1.29 is 19.7 Å².